The zero-order valence-electron chi connectivity index (χ0n) is 9.59. The van der Waals surface area contributed by atoms with Crippen LogP contribution in [-0.2, 0) is 4.79 Å². The van der Waals surface area contributed by atoms with Gasteiger partial charge in [0.1, 0.15) is 0 Å². The van der Waals surface area contributed by atoms with E-state index in [-0.39, 0.29) is 5.91 Å². The Kier molecular flexibility index (Phi) is 8.78. The lowest BCUT2D eigenvalue weighted by Crippen LogP contribution is -2.21. The number of amides is 1. The number of hydrogen-bond donors (Lipinski definition) is 2. The molecular formula is C12H22N2O. The van der Waals surface area contributed by atoms with Crippen LogP contribution in [0.5, 0.6) is 0 Å². The van der Waals surface area contributed by atoms with Gasteiger partial charge in [0, 0.05) is 12.1 Å². The molecule has 15 heavy (non-hydrogen) atoms. The van der Waals surface area contributed by atoms with Crippen LogP contribution in [0.2, 0.25) is 0 Å². The Hall–Kier alpha value is -1.09. The number of rotatable bonds is 8. The summed E-state index contributed by atoms with van der Waals surface area (Å²) < 4.78 is 0. The fraction of sp³-hybridized carbons (Fsp3) is 0.583. The first-order valence-electron chi connectivity index (χ1n) is 5.57. The van der Waals surface area contributed by atoms with Crippen LogP contribution in [0.3, 0.4) is 0 Å². The number of unbranched alkanes of at least 4 members (excludes halogenated alkanes) is 2. The lowest BCUT2D eigenvalue weighted by Gasteiger charge is -2.05. The van der Waals surface area contributed by atoms with E-state index in [4.69, 9.17) is 5.73 Å². The molecule has 0 aromatic rings. The van der Waals surface area contributed by atoms with Crippen LogP contribution in [0.25, 0.3) is 0 Å². The van der Waals surface area contributed by atoms with E-state index in [1.807, 2.05) is 6.08 Å². The predicted molar refractivity (Wildman–Crippen MR) is 64.2 cm³/mol. The van der Waals surface area contributed by atoms with Crippen molar-refractivity contribution in [1.29, 1.82) is 0 Å². The van der Waals surface area contributed by atoms with E-state index in [1.54, 1.807) is 6.08 Å². The van der Waals surface area contributed by atoms with Crippen molar-refractivity contribution in [3.05, 3.63) is 24.4 Å². The molecule has 3 N–H and O–H groups in total. The van der Waals surface area contributed by atoms with Crippen molar-refractivity contribution in [3.63, 3.8) is 0 Å². The van der Waals surface area contributed by atoms with Gasteiger partial charge in [0.2, 0.25) is 5.91 Å². The van der Waals surface area contributed by atoms with Gasteiger partial charge in [-0.25, -0.2) is 0 Å². The van der Waals surface area contributed by atoms with Gasteiger partial charge in [-0.3, -0.25) is 4.79 Å². The number of hydrogen-bond acceptors (Lipinski definition) is 2. The maximum atomic E-state index is 11.4. The molecule has 0 aliphatic carbocycles. The van der Waals surface area contributed by atoms with Gasteiger partial charge in [-0.2, -0.15) is 0 Å². The van der Waals surface area contributed by atoms with Crippen molar-refractivity contribution >= 4 is 5.91 Å². The Morgan fingerprint density at radius 3 is 2.73 bits per heavy atom. The van der Waals surface area contributed by atoms with Gasteiger partial charge < -0.3 is 11.1 Å². The van der Waals surface area contributed by atoms with Crippen molar-refractivity contribution < 1.29 is 4.79 Å². The van der Waals surface area contributed by atoms with Gasteiger partial charge in [-0.05, 0) is 31.9 Å². The fourth-order valence-electron chi connectivity index (χ4n) is 1.12. The minimum absolute atomic E-state index is 0.0655. The molecule has 0 heterocycles. The van der Waals surface area contributed by atoms with Crippen LogP contribution >= 0.6 is 0 Å². The minimum atomic E-state index is 0.0655. The lowest BCUT2D eigenvalue weighted by molar-refractivity contribution is -0.120. The normalized spacial score (nSPS) is 11.2. The third-order valence-electron chi connectivity index (χ3n) is 2.03. The van der Waals surface area contributed by atoms with Gasteiger partial charge in [-0.15, -0.1) is 0 Å². The van der Waals surface area contributed by atoms with Crippen LogP contribution in [0.4, 0.5) is 0 Å². The number of nitrogens with one attached hydrogen (secondary N) is 1. The molecule has 0 aliphatic rings. The topological polar surface area (TPSA) is 55.1 Å². The van der Waals surface area contributed by atoms with Crippen molar-refractivity contribution in [2.45, 2.75) is 39.0 Å². The van der Waals surface area contributed by atoms with E-state index < -0.39 is 0 Å². The summed E-state index contributed by atoms with van der Waals surface area (Å²) in [5, 5.41) is 2.82. The van der Waals surface area contributed by atoms with Crippen LogP contribution in [0.1, 0.15) is 39.0 Å². The summed E-state index contributed by atoms with van der Waals surface area (Å²) in [5.41, 5.74) is 6.18. The standard InChI is InChI=1S/C12H22N2O/c1-3-5-9-12(15)14-11(4-2)8-6-7-10-13/h4,8H,2-3,5-7,9-10,13H2,1H3,(H,14,15)/b11-8+. The largest absolute Gasteiger partial charge is 0.330 e. The lowest BCUT2D eigenvalue weighted by atomic mass is 10.2. The molecule has 1 amide bonds. The maximum Gasteiger partial charge on any atom is 0.224 e. The quantitative estimate of drug-likeness (QED) is 0.476. The molecule has 0 radical (unpaired) electrons. The predicted octanol–water partition coefficient (Wildman–Crippen LogP) is 2.10. The zero-order chi connectivity index (χ0) is 11.5. The molecule has 0 rings (SSSR count). The highest BCUT2D eigenvalue weighted by atomic mass is 16.1. The second-order valence-corrected chi connectivity index (χ2v) is 3.45. The highest BCUT2D eigenvalue weighted by molar-refractivity contribution is 5.78. The van der Waals surface area contributed by atoms with E-state index in [0.717, 1.165) is 31.4 Å². The molecule has 0 aliphatic heterocycles. The monoisotopic (exact) mass is 210 g/mol. The smallest absolute Gasteiger partial charge is 0.224 e. The van der Waals surface area contributed by atoms with E-state index in [2.05, 4.69) is 18.8 Å². The van der Waals surface area contributed by atoms with Crippen LogP contribution in [-0.4, -0.2) is 12.5 Å². The maximum absolute atomic E-state index is 11.4. The average Bonchev–Trinajstić information content (AvgIpc) is 2.25. The molecule has 0 fully saturated rings. The van der Waals surface area contributed by atoms with Crippen molar-refractivity contribution in [1.82, 2.24) is 5.32 Å². The van der Waals surface area contributed by atoms with Gasteiger partial charge in [0.05, 0.1) is 0 Å². The second kappa shape index (κ2) is 9.46. The first-order valence-corrected chi connectivity index (χ1v) is 5.57. The minimum Gasteiger partial charge on any atom is -0.330 e. The summed E-state index contributed by atoms with van der Waals surface area (Å²) in [6, 6.07) is 0. The molecule has 0 aromatic carbocycles. The molecule has 0 saturated heterocycles. The highest BCUT2D eigenvalue weighted by Crippen LogP contribution is 1.99. The highest BCUT2D eigenvalue weighted by Gasteiger charge is 2.00. The molecule has 3 heteroatoms. The SMILES string of the molecule is C=C/C(=C\CCCN)NC(=O)CCCC. The van der Waals surface area contributed by atoms with E-state index >= 15 is 0 Å². The first-order chi connectivity index (χ1) is 7.24. The van der Waals surface area contributed by atoms with Gasteiger partial charge in [0.25, 0.3) is 0 Å². The molecule has 0 saturated carbocycles. The molecular weight excluding hydrogens is 188 g/mol. The summed E-state index contributed by atoms with van der Waals surface area (Å²) in [6.45, 7) is 6.40. The molecule has 86 valence electrons. The third kappa shape index (κ3) is 7.94. The molecule has 0 atom stereocenters. The Morgan fingerprint density at radius 1 is 1.47 bits per heavy atom. The van der Waals surface area contributed by atoms with Crippen LogP contribution in [0, 0.1) is 0 Å². The van der Waals surface area contributed by atoms with E-state index in [1.165, 1.54) is 0 Å². The Bertz CT molecular complexity index is 222. The second-order valence-electron chi connectivity index (χ2n) is 3.45. The van der Waals surface area contributed by atoms with Crippen molar-refractivity contribution in [3.8, 4) is 0 Å². The summed E-state index contributed by atoms with van der Waals surface area (Å²) in [4.78, 5) is 11.4. The van der Waals surface area contributed by atoms with Crippen molar-refractivity contribution in [2.75, 3.05) is 6.54 Å². The summed E-state index contributed by atoms with van der Waals surface area (Å²) >= 11 is 0. The first kappa shape index (κ1) is 13.9. The molecule has 0 unspecified atom stereocenters. The van der Waals surface area contributed by atoms with E-state index in [9.17, 15) is 4.79 Å². The van der Waals surface area contributed by atoms with Crippen LogP contribution < -0.4 is 11.1 Å². The molecule has 0 bridgehead atoms. The summed E-state index contributed by atoms with van der Waals surface area (Å²) in [6.07, 6.45) is 7.99. The Balaban J connectivity index is 3.91. The molecule has 3 nitrogen and oxygen atoms in total. The zero-order valence-corrected chi connectivity index (χ0v) is 9.59. The van der Waals surface area contributed by atoms with Crippen molar-refractivity contribution in [2.24, 2.45) is 5.73 Å². The molecule has 0 spiro atoms. The summed E-state index contributed by atoms with van der Waals surface area (Å²) in [7, 11) is 0. The Morgan fingerprint density at radius 2 is 2.20 bits per heavy atom. The van der Waals surface area contributed by atoms with Gasteiger partial charge in [-0.1, -0.05) is 26.0 Å². The fourth-order valence-corrected chi connectivity index (χ4v) is 1.12. The number of carbonyl (C=O) groups excluding carboxylic acids is 1. The van der Waals surface area contributed by atoms with Gasteiger partial charge >= 0.3 is 0 Å². The average molecular weight is 210 g/mol. The van der Waals surface area contributed by atoms with Gasteiger partial charge in [0.15, 0.2) is 0 Å². The Labute approximate surface area is 92.4 Å². The number of nitrogens with two attached hydrogens (primary N) is 1. The number of carbonyl (C=O) groups is 1. The van der Waals surface area contributed by atoms with Crippen LogP contribution in [0.15, 0.2) is 24.4 Å². The van der Waals surface area contributed by atoms with E-state index in [0.29, 0.717) is 13.0 Å². The number of allylic oxidation sites excluding steroid dienone is 2. The third-order valence-corrected chi connectivity index (χ3v) is 2.03. The summed E-state index contributed by atoms with van der Waals surface area (Å²) in [5.74, 6) is 0.0655. The molecule has 0 aromatic heterocycles.